The second kappa shape index (κ2) is 5.76. The zero-order valence-corrected chi connectivity index (χ0v) is 13.4. The maximum absolute atomic E-state index is 12.3. The van der Waals surface area contributed by atoms with Gasteiger partial charge in [0, 0.05) is 10.8 Å². The fourth-order valence-corrected chi connectivity index (χ4v) is 2.17. The highest BCUT2D eigenvalue weighted by atomic mass is 16.1. The number of hydrogen-bond donors (Lipinski definition) is 1. The van der Waals surface area contributed by atoms with E-state index in [1.54, 1.807) is 18.5 Å². The zero-order valence-electron chi connectivity index (χ0n) is 13.4. The second-order valence-electron chi connectivity index (χ2n) is 6.39. The molecule has 1 aromatic carbocycles. The van der Waals surface area contributed by atoms with Gasteiger partial charge in [0.05, 0.1) is 23.6 Å². The molecule has 116 valence electrons. The molecule has 0 unspecified atom stereocenters. The van der Waals surface area contributed by atoms with Crippen LogP contribution in [0.3, 0.4) is 0 Å². The Morgan fingerprint density at radius 2 is 1.70 bits per heavy atom. The summed E-state index contributed by atoms with van der Waals surface area (Å²) in [5, 5.41) is 3.78. The lowest BCUT2D eigenvalue weighted by molar-refractivity contribution is 0.102. The molecule has 0 aliphatic carbocycles. The molecule has 0 radical (unpaired) electrons. The molecule has 0 aliphatic heterocycles. The highest BCUT2D eigenvalue weighted by molar-refractivity contribution is 6.03. The summed E-state index contributed by atoms with van der Waals surface area (Å²) in [5.74, 6) is 0.460. The van der Waals surface area contributed by atoms with Gasteiger partial charge in [-0.15, -0.1) is 0 Å². The van der Waals surface area contributed by atoms with Crippen molar-refractivity contribution in [2.75, 3.05) is 5.32 Å². The fourth-order valence-electron chi connectivity index (χ4n) is 2.17. The number of carbonyl (C=O) groups is 1. The maximum atomic E-state index is 12.3. The van der Waals surface area contributed by atoms with Crippen molar-refractivity contribution in [3.05, 3.63) is 60.3 Å². The van der Waals surface area contributed by atoms with Gasteiger partial charge in [-0.1, -0.05) is 45.0 Å². The fraction of sp³-hybridized carbons (Fsp3) is 0.222. The van der Waals surface area contributed by atoms with Crippen molar-refractivity contribution in [3.8, 4) is 0 Å². The number of benzene rings is 1. The number of hydrogen-bond acceptors (Lipinski definition) is 4. The van der Waals surface area contributed by atoms with Gasteiger partial charge in [0.1, 0.15) is 11.5 Å². The molecule has 0 aliphatic rings. The standard InChI is InChI=1S/C18H18N4O/c1-18(2,3)17-19-10-13(11-20-17)21-16(23)15-9-8-12-6-4-5-7-14(12)22-15/h4-11H,1-3H3,(H,21,23). The van der Waals surface area contributed by atoms with Gasteiger partial charge in [-0.05, 0) is 12.1 Å². The molecular formula is C18H18N4O. The number of fused-ring (bicyclic) bond motifs is 1. The molecule has 3 rings (SSSR count). The maximum Gasteiger partial charge on any atom is 0.274 e. The molecule has 0 spiro atoms. The van der Waals surface area contributed by atoms with Crippen molar-refractivity contribution in [2.24, 2.45) is 0 Å². The average Bonchev–Trinajstić information content (AvgIpc) is 2.54. The van der Waals surface area contributed by atoms with E-state index in [1.807, 2.05) is 51.1 Å². The first-order valence-corrected chi connectivity index (χ1v) is 7.43. The van der Waals surface area contributed by atoms with Crippen LogP contribution >= 0.6 is 0 Å². The Morgan fingerprint density at radius 3 is 2.39 bits per heavy atom. The number of anilines is 1. The van der Waals surface area contributed by atoms with Gasteiger partial charge in [0.25, 0.3) is 5.91 Å². The highest BCUT2D eigenvalue weighted by Crippen LogP contribution is 2.18. The molecule has 0 atom stereocenters. The minimum Gasteiger partial charge on any atom is -0.318 e. The monoisotopic (exact) mass is 306 g/mol. The van der Waals surface area contributed by atoms with Crippen molar-refractivity contribution in [1.29, 1.82) is 0 Å². The zero-order chi connectivity index (χ0) is 16.4. The number of pyridine rings is 1. The predicted octanol–water partition coefficient (Wildman–Crippen LogP) is 3.57. The summed E-state index contributed by atoms with van der Waals surface area (Å²) in [6.07, 6.45) is 3.24. The van der Waals surface area contributed by atoms with Crippen LogP contribution in [0.5, 0.6) is 0 Å². The first kappa shape index (κ1) is 15.1. The third kappa shape index (κ3) is 3.34. The number of aromatic nitrogens is 3. The number of nitrogens with one attached hydrogen (secondary N) is 1. The van der Waals surface area contributed by atoms with E-state index in [9.17, 15) is 4.79 Å². The highest BCUT2D eigenvalue weighted by Gasteiger charge is 2.17. The van der Waals surface area contributed by atoms with E-state index in [2.05, 4.69) is 20.3 Å². The predicted molar refractivity (Wildman–Crippen MR) is 90.4 cm³/mol. The van der Waals surface area contributed by atoms with E-state index >= 15 is 0 Å². The molecule has 5 nitrogen and oxygen atoms in total. The van der Waals surface area contributed by atoms with Crippen LogP contribution in [0.2, 0.25) is 0 Å². The van der Waals surface area contributed by atoms with Crippen molar-refractivity contribution >= 4 is 22.5 Å². The smallest absolute Gasteiger partial charge is 0.274 e. The summed E-state index contributed by atoms with van der Waals surface area (Å²) in [6.45, 7) is 6.12. The summed E-state index contributed by atoms with van der Waals surface area (Å²) in [6, 6.07) is 11.3. The number of rotatable bonds is 2. The lowest BCUT2D eigenvalue weighted by Gasteiger charge is -2.16. The lowest BCUT2D eigenvalue weighted by Crippen LogP contribution is -2.17. The topological polar surface area (TPSA) is 67.8 Å². The van der Waals surface area contributed by atoms with Crippen LogP contribution in [0.25, 0.3) is 10.9 Å². The molecule has 1 amide bonds. The molecular weight excluding hydrogens is 288 g/mol. The SMILES string of the molecule is CC(C)(C)c1ncc(NC(=O)c2ccc3ccccc3n2)cn1. The molecule has 2 aromatic heterocycles. The Hall–Kier alpha value is -2.82. The molecule has 0 saturated carbocycles. The van der Waals surface area contributed by atoms with Gasteiger partial charge in [0.15, 0.2) is 0 Å². The molecule has 2 heterocycles. The van der Waals surface area contributed by atoms with Gasteiger partial charge in [-0.25, -0.2) is 15.0 Å². The summed E-state index contributed by atoms with van der Waals surface area (Å²) < 4.78 is 0. The average molecular weight is 306 g/mol. The second-order valence-corrected chi connectivity index (χ2v) is 6.39. The number of nitrogens with zero attached hydrogens (tertiary/aromatic N) is 3. The summed E-state index contributed by atoms with van der Waals surface area (Å²) >= 11 is 0. The summed E-state index contributed by atoms with van der Waals surface area (Å²) in [5.41, 5.74) is 1.59. The molecule has 0 bridgehead atoms. The van der Waals surface area contributed by atoms with Crippen LogP contribution in [0, 0.1) is 0 Å². The lowest BCUT2D eigenvalue weighted by atomic mass is 9.96. The number of para-hydroxylation sites is 1. The van der Waals surface area contributed by atoms with Gasteiger partial charge in [-0.2, -0.15) is 0 Å². The van der Waals surface area contributed by atoms with Crippen molar-refractivity contribution in [2.45, 2.75) is 26.2 Å². The van der Waals surface area contributed by atoms with Gasteiger partial charge < -0.3 is 5.32 Å². The van der Waals surface area contributed by atoms with E-state index in [1.165, 1.54) is 0 Å². The normalized spacial score (nSPS) is 11.4. The Labute approximate surface area is 134 Å². The largest absolute Gasteiger partial charge is 0.318 e. The first-order chi connectivity index (χ1) is 10.9. The molecule has 0 fully saturated rings. The minimum atomic E-state index is -0.275. The minimum absolute atomic E-state index is 0.123. The number of amides is 1. The van der Waals surface area contributed by atoms with Crippen LogP contribution in [-0.2, 0) is 5.41 Å². The summed E-state index contributed by atoms with van der Waals surface area (Å²) in [7, 11) is 0. The number of carbonyl (C=O) groups excluding carboxylic acids is 1. The third-order valence-electron chi connectivity index (χ3n) is 3.41. The van der Waals surface area contributed by atoms with Crippen LogP contribution in [0.15, 0.2) is 48.8 Å². The Bertz CT molecular complexity index is 851. The van der Waals surface area contributed by atoms with E-state index in [0.717, 1.165) is 16.7 Å². The molecule has 1 N–H and O–H groups in total. The van der Waals surface area contributed by atoms with Crippen LogP contribution in [-0.4, -0.2) is 20.9 Å². The molecule has 3 aromatic rings. The molecule has 23 heavy (non-hydrogen) atoms. The summed E-state index contributed by atoms with van der Waals surface area (Å²) in [4.78, 5) is 25.3. The Kier molecular flexibility index (Phi) is 3.78. The van der Waals surface area contributed by atoms with E-state index in [4.69, 9.17) is 0 Å². The van der Waals surface area contributed by atoms with Crippen LogP contribution in [0.4, 0.5) is 5.69 Å². The van der Waals surface area contributed by atoms with Gasteiger partial charge in [0.2, 0.25) is 0 Å². The van der Waals surface area contributed by atoms with Crippen molar-refractivity contribution in [1.82, 2.24) is 15.0 Å². The third-order valence-corrected chi connectivity index (χ3v) is 3.41. The Balaban J connectivity index is 1.80. The van der Waals surface area contributed by atoms with Crippen molar-refractivity contribution < 1.29 is 4.79 Å². The van der Waals surface area contributed by atoms with E-state index in [-0.39, 0.29) is 11.3 Å². The van der Waals surface area contributed by atoms with E-state index < -0.39 is 0 Å². The van der Waals surface area contributed by atoms with Gasteiger partial charge in [-0.3, -0.25) is 4.79 Å². The molecule has 5 heteroatoms. The van der Waals surface area contributed by atoms with Gasteiger partial charge >= 0.3 is 0 Å². The van der Waals surface area contributed by atoms with Crippen molar-refractivity contribution in [3.63, 3.8) is 0 Å². The molecule has 0 saturated heterocycles. The van der Waals surface area contributed by atoms with Crippen LogP contribution in [0.1, 0.15) is 37.1 Å². The van der Waals surface area contributed by atoms with Crippen LogP contribution < -0.4 is 5.32 Å². The quantitative estimate of drug-likeness (QED) is 0.786. The Morgan fingerprint density at radius 1 is 1.00 bits per heavy atom. The first-order valence-electron chi connectivity index (χ1n) is 7.43. The van der Waals surface area contributed by atoms with E-state index in [0.29, 0.717) is 11.4 Å².